The minimum atomic E-state index is -0.431. The first kappa shape index (κ1) is 13.1. The molecule has 16 heavy (non-hydrogen) atoms. The molecule has 90 valence electrons. The topological polar surface area (TPSA) is 51.5 Å². The summed E-state index contributed by atoms with van der Waals surface area (Å²) >= 11 is 1.80. The van der Waals surface area contributed by atoms with Crippen LogP contribution in [-0.2, 0) is 11.3 Å². The molecule has 1 aromatic heterocycles. The zero-order chi connectivity index (χ0) is 12.0. The predicted molar refractivity (Wildman–Crippen MR) is 64.7 cm³/mol. The van der Waals surface area contributed by atoms with Crippen LogP contribution in [0.15, 0.2) is 16.7 Å². The van der Waals surface area contributed by atoms with Gasteiger partial charge in [-0.3, -0.25) is 0 Å². The normalized spacial score (nSPS) is 12.4. The number of methoxy groups -OCH3 is 1. The average molecular weight is 243 g/mol. The summed E-state index contributed by atoms with van der Waals surface area (Å²) in [5.74, 6) is -0.147. The molecule has 4 nitrogen and oxygen atoms in total. The molecular weight excluding hydrogens is 226 g/mol. The lowest BCUT2D eigenvalue weighted by Crippen LogP contribution is -2.22. The molecule has 1 N–H and O–H groups in total. The fourth-order valence-corrected chi connectivity index (χ4v) is 1.52. The van der Waals surface area contributed by atoms with Crippen LogP contribution in [0.25, 0.3) is 0 Å². The number of thioether (sulfide) groups is 1. The Labute approximate surface area is 99.7 Å². The number of hydrogen-bond acceptors (Lipinski definition) is 5. The summed E-state index contributed by atoms with van der Waals surface area (Å²) in [4.78, 5) is 11.3. The molecular formula is C11H17NO3S. The maximum atomic E-state index is 11.3. The number of ether oxygens (including phenoxy) is 1. The lowest BCUT2D eigenvalue weighted by Gasteiger charge is -2.09. The zero-order valence-corrected chi connectivity index (χ0v) is 10.6. The summed E-state index contributed by atoms with van der Waals surface area (Å²) in [6.45, 7) is 3.66. The molecule has 1 atom stereocenters. The van der Waals surface area contributed by atoms with Crippen LogP contribution in [0.3, 0.4) is 0 Å². The van der Waals surface area contributed by atoms with Crippen molar-refractivity contribution in [3.63, 3.8) is 0 Å². The highest BCUT2D eigenvalue weighted by Gasteiger charge is 2.15. The second kappa shape index (κ2) is 6.60. The predicted octanol–water partition coefficient (Wildman–Crippen LogP) is 1.91. The van der Waals surface area contributed by atoms with E-state index in [0.29, 0.717) is 11.8 Å². The van der Waals surface area contributed by atoms with Gasteiger partial charge in [0.2, 0.25) is 5.76 Å². The van der Waals surface area contributed by atoms with Crippen molar-refractivity contribution in [1.29, 1.82) is 0 Å². The van der Waals surface area contributed by atoms with Gasteiger partial charge in [0, 0.05) is 23.9 Å². The quantitative estimate of drug-likeness (QED) is 0.773. The molecule has 0 saturated heterocycles. The van der Waals surface area contributed by atoms with Crippen molar-refractivity contribution in [1.82, 2.24) is 5.32 Å². The van der Waals surface area contributed by atoms with E-state index in [2.05, 4.69) is 23.2 Å². The molecule has 0 aromatic carbocycles. The molecule has 1 aromatic rings. The summed E-state index contributed by atoms with van der Waals surface area (Å²) in [7, 11) is 1.35. The largest absolute Gasteiger partial charge is 0.463 e. The Morgan fingerprint density at radius 3 is 3.06 bits per heavy atom. The van der Waals surface area contributed by atoms with E-state index in [9.17, 15) is 4.79 Å². The van der Waals surface area contributed by atoms with Crippen LogP contribution < -0.4 is 5.32 Å². The van der Waals surface area contributed by atoms with E-state index in [1.54, 1.807) is 17.8 Å². The summed E-state index contributed by atoms with van der Waals surface area (Å²) in [5, 5.41) is 3.82. The molecule has 0 aliphatic carbocycles. The Morgan fingerprint density at radius 2 is 2.44 bits per heavy atom. The van der Waals surface area contributed by atoms with Gasteiger partial charge < -0.3 is 14.5 Å². The first-order valence-corrected chi connectivity index (χ1v) is 6.36. The van der Waals surface area contributed by atoms with Crippen LogP contribution >= 0.6 is 11.8 Å². The third-order valence-electron chi connectivity index (χ3n) is 2.27. The maximum Gasteiger partial charge on any atom is 0.374 e. The van der Waals surface area contributed by atoms with Crippen molar-refractivity contribution in [2.75, 3.05) is 19.9 Å². The summed E-state index contributed by atoms with van der Waals surface area (Å²) in [5.41, 5.74) is 0.833. The lowest BCUT2D eigenvalue weighted by molar-refractivity contribution is 0.0563. The Kier molecular flexibility index (Phi) is 5.42. The SMILES string of the molecule is COC(=O)c1occc1CNCC(C)SC. The van der Waals surface area contributed by atoms with E-state index in [0.717, 1.165) is 12.1 Å². The molecule has 0 spiro atoms. The fraction of sp³-hybridized carbons (Fsp3) is 0.545. The van der Waals surface area contributed by atoms with E-state index in [1.165, 1.54) is 13.4 Å². The van der Waals surface area contributed by atoms with Gasteiger partial charge in [-0.2, -0.15) is 11.8 Å². The van der Waals surface area contributed by atoms with Crippen molar-refractivity contribution in [3.8, 4) is 0 Å². The van der Waals surface area contributed by atoms with Gasteiger partial charge in [0.05, 0.1) is 13.4 Å². The Morgan fingerprint density at radius 1 is 1.69 bits per heavy atom. The number of rotatable bonds is 6. The summed E-state index contributed by atoms with van der Waals surface area (Å²) in [6, 6.07) is 1.78. The van der Waals surface area contributed by atoms with Crippen LogP contribution in [0.5, 0.6) is 0 Å². The summed E-state index contributed by atoms with van der Waals surface area (Å²) < 4.78 is 9.70. The van der Waals surface area contributed by atoms with E-state index in [4.69, 9.17) is 4.42 Å². The van der Waals surface area contributed by atoms with Crippen LogP contribution in [0, 0.1) is 0 Å². The number of carbonyl (C=O) groups is 1. The first-order chi connectivity index (χ1) is 7.69. The second-order valence-corrected chi connectivity index (χ2v) is 4.72. The molecule has 0 aliphatic rings. The molecule has 0 bridgehead atoms. The Bertz CT molecular complexity index is 338. The van der Waals surface area contributed by atoms with Crippen LogP contribution in [0.4, 0.5) is 0 Å². The highest BCUT2D eigenvalue weighted by atomic mass is 32.2. The van der Waals surface area contributed by atoms with Gasteiger partial charge >= 0.3 is 5.97 Å². The smallest absolute Gasteiger partial charge is 0.374 e. The standard InChI is InChI=1S/C11H17NO3S/c1-8(16-3)6-12-7-9-4-5-15-10(9)11(13)14-2/h4-5,8,12H,6-7H2,1-3H3. The molecule has 0 saturated carbocycles. The molecule has 0 fully saturated rings. The minimum absolute atomic E-state index is 0.284. The van der Waals surface area contributed by atoms with Gasteiger partial charge in [0.1, 0.15) is 0 Å². The summed E-state index contributed by atoms with van der Waals surface area (Å²) in [6.07, 6.45) is 3.57. The van der Waals surface area contributed by atoms with Gasteiger partial charge in [0.25, 0.3) is 0 Å². The molecule has 1 rings (SSSR count). The molecule has 0 amide bonds. The van der Waals surface area contributed by atoms with Crippen molar-refractivity contribution in [2.45, 2.75) is 18.7 Å². The highest BCUT2D eigenvalue weighted by molar-refractivity contribution is 7.99. The maximum absolute atomic E-state index is 11.3. The van der Waals surface area contributed by atoms with Crippen molar-refractivity contribution < 1.29 is 13.9 Å². The van der Waals surface area contributed by atoms with Crippen molar-refractivity contribution in [2.24, 2.45) is 0 Å². The molecule has 1 heterocycles. The molecule has 5 heteroatoms. The Balaban J connectivity index is 2.48. The third-order valence-corrected chi connectivity index (χ3v) is 3.24. The average Bonchev–Trinajstić information content (AvgIpc) is 2.76. The van der Waals surface area contributed by atoms with Gasteiger partial charge in [-0.15, -0.1) is 0 Å². The highest BCUT2D eigenvalue weighted by Crippen LogP contribution is 2.12. The number of esters is 1. The number of nitrogens with one attached hydrogen (secondary N) is 1. The number of hydrogen-bond donors (Lipinski definition) is 1. The van der Waals surface area contributed by atoms with Gasteiger partial charge in [-0.25, -0.2) is 4.79 Å². The molecule has 0 radical (unpaired) electrons. The lowest BCUT2D eigenvalue weighted by atomic mass is 10.2. The zero-order valence-electron chi connectivity index (χ0n) is 9.78. The molecule has 0 aliphatic heterocycles. The molecule has 1 unspecified atom stereocenters. The van der Waals surface area contributed by atoms with Crippen LogP contribution in [0.2, 0.25) is 0 Å². The second-order valence-electron chi connectivity index (χ2n) is 3.44. The number of furan rings is 1. The van der Waals surface area contributed by atoms with E-state index < -0.39 is 5.97 Å². The van der Waals surface area contributed by atoms with Gasteiger partial charge in [-0.1, -0.05) is 6.92 Å². The monoisotopic (exact) mass is 243 g/mol. The van der Waals surface area contributed by atoms with Gasteiger partial charge in [0.15, 0.2) is 0 Å². The first-order valence-electron chi connectivity index (χ1n) is 5.07. The van der Waals surface area contributed by atoms with Crippen LogP contribution in [-0.4, -0.2) is 31.1 Å². The van der Waals surface area contributed by atoms with E-state index >= 15 is 0 Å². The van der Waals surface area contributed by atoms with E-state index in [1.807, 2.05) is 0 Å². The van der Waals surface area contributed by atoms with E-state index in [-0.39, 0.29) is 5.76 Å². The minimum Gasteiger partial charge on any atom is -0.463 e. The van der Waals surface area contributed by atoms with Crippen molar-refractivity contribution >= 4 is 17.7 Å². The van der Waals surface area contributed by atoms with Gasteiger partial charge in [-0.05, 0) is 12.3 Å². The Hall–Kier alpha value is -0.940. The van der Waals surface area contributed by atoms with Crippen molar-refractivity contribution in [3.05, 3.63) is 23.7 Å². The third kappa shape index (κ3) is 3.57. The fourth-order valence-electron chi connectivity index (χ4n) is 1.24. The number of carbonyl (C=O) groups excluding carboxylic acids is 1. The van der Waals surface area contributed by atoms with Crippen LogP contribution in [0.1, 0.15) is 23.0 Å².